The summed E-state index contributed by atoms with van der Waals surface area (Å²) in [6.07, 6.45) is 0.995. The van der Waals surface area contributed by atoms with Crippen molar-refractivity contribution in [3.8, 4) is 11.1 Å². The van der Waals surface area contributed by atoms with Gasteiger partial charge in [-0.3, -0.25) is 10.1 Å². The van der Waals surface area contributed by atoms with Crippen LogP contribution in [-0.4, -0.2) is 41.5 Å². The molecular weight excluding hydrogens is 470 g/mol. The van der Waals surface area contributed by atoms with E-state index in [1.807, 2.05) is 24.3 Å². The maximum atomic E-state index is 12.6. The molecule has 35 heavy (non-hydrogen) atoms. The van der Waals surface area contributed by atoms with Gasteiger partial charge in [0.15, 0.2) is 0 Å². The Balaban J connectivity index is 1.51. The van der Waals surface area contributed by atoms with Crippen molar-refractivity contribution in [1.82, 2.24) is 14.7 Å². The number of aromatic nitrogens is 2. The largest absolute Gasteiger partial charge is 0.480 e. The minimum Gasteiger partial charge on any atom is -0.480 e. The Morgan fingerprint density at radius 3 is 2.40 bits per heavy atom. The van der Waals surface area contributed by atoms with Gasteiger partial charge in [-0.05, 0) is 47.5 Å². The maximum absolute atomic E-state index is 12.6. The second-order valence-corrected chi connectivity index (χ2v) is 9.18. The summed E-state index contributed by atoms with van der Waals surface area (Å²) in [4.78, 5) is 30.8. The molecule has 0 saturated carbocycles. The number of para-hydroxylation sites is 2. The van der Waals surface area contributed by atoms with E-state index in [9.17, 15) is 18.0 Å². The lowest BCUT2D eigenvalue weighted by Crippen LogP contribution is -2.39. The number of H-pyrrole nitrogens is 1. The Labute approximate surface area is 200 Å². The van der Waals surface area contributed by atoms with Crippen LogP contribution >= 0.6 is 0 Å². The number of sulfonamides is 1. The number of benzene rings is 3. The number of urea groups is 1. The summed E-state index contributed by atoms with van der Waals surface area (Å²) in [5, 5.41) is 14.5. The predicted molar refractivity (Wildman–Crippen MR) is 133 cm³/mol. The molecule has 2 amide bonds. The molecular formula is C24H21N5O5S. The van der Waals surface area contributed by atoms with E-state index in [4.69, 9.17) is 5.11 Å². The quantitative estimate of drug-likeness (QED) is 0.236. The fraction of sp³-hybridized carbons (Fsp3) is 0.0417. The van der Waals surface area contributed by atoms with Crippen LogP contribution in [0.5, 0.6) is 0 Å². The standard InChI is InChI=1S/C24H21N5O5S/c1-2-19(22(30)31)29-35(33,34)18-10-6-8-16(14-18)15-7-5-9-17(13-15)25-24(32)28-23-26-20-11-3-4-12-21(20)27-23/h2-14,19,29H,1H2,(H,30,31)(H3,25,26,27,28,32)/t19-/m0/s1. The molecule has 0 aliphatic carbocycles. The van der Waals surface area contributed by atoms with Crippen LogP contribution in [0.3, 0.4) is 0 Å². The van der Waals surface area contributed by atoms with Gasteiger partial charge >= 0.3 is 12.0 Å². The van der Waals surface area contributed by atoms with Crippen molar-refractivity contribution in [2.45, 2.75) is 10.9 Å². The average molecular weight is 492 g/mol. The monoisotopic (exact) mass is 491 g/mol. The molecule has 5 N–H and O–H groups in total. The van der Waals surface area contributed by atoms with Gasteiger partial charge in [0.25, 0.3) is 0 Å². The highest BCUT2D eigenvalue weighted by Gasteiger charge is 2.23. The number of carbonyl (C=O) groups excluding carboxylic acids is 1. The van der Waals surface area contributed by atoms with Crippen LogP contribution in [0.2, 0.25) is 0 Å². The highest BCUT2D eigenvalue weighted by Crippen LogP contribution is 2.25. The first-order chi connectivity index (χ1) is 16.7. The normalized spacial score (nSPS) is 12.1. The second-order valence-electron chi connectivity index (χ2n) is 7.46. The van der Waals surface area contributed by atoms with Crippen LogP contribution in [0.15, 0.2) is 90.3 Å². The molecule has 4 rings (SSSR count). The van der Waals surface area contributed by atoms with E-state index in [1.165, 1.54) is 12.1 Å². The molecule has 0 aliphatic rings. The Morgan fingerprint density at radius 1 is 0.971 bits per heavy atom. The minimum absolute atomic E-state index is 0.107. The summed E-state index contributed by atoms with van der Waals surface area (Å²) in [7, 11) is -4.11. The van der Waals surface area contributed by atoms with Gasteiger partial charge in [0.1, 0.15) is 6.04 Å². The number of carboxylic acid groups (broad SMARTS) is 1. The predicted octanol–water partition coefficient (Wildman–Crippen LogP) is 3.79. The van der Waals surface area contributed by atoms with Gasteiger partial charge in [-0.1, -0.05) is 42.5 Å². The number of rotatable bonds is 8. The first-order valence-corrected chi connectivity index (χ1v) is 11.8. The van der Waals surface area contributed by atoms with E-state index in [0.717, 1.165) is 17.1 Å². The van der Waals surface area contributed by atoms with Crippen LogP contribution < -0.4 is 15.4 Å². The molecule has 1 atom stereocenters. The third-order valence-electron chi connectivity index (χ3n) is 5.00. The van der Waals surface area contributed by atoms with E-state index in [2.05, 4.69) is 31.9 Å². The number of nitrogens with zero attached hydrogens (tertiary/aromatic N) is 1. The molecule has 178 valence electrons. The fourth-order valence-electron chi connectivity index (χ4n) is 3.34. The minimum atomic E-state index is -4.11. The molecule has 10 nitrogen and oxygen atoms in total. The van der Waals surface area contributed by atoms with Crippen molar-refractivity contribution >= 4 is 44.7 Å². The summed E-state index contributed by atoms with van der Waals surface area (Å²) in [6, 6.07) is 18.3. The van der Waals surface area contributed by atoms with Crippen molar-refractivity contribution in [3.63, 3.8) is 0 Å². The van der Waals surface area contributed by atoms with Gasteiger partial charge in [0, 0.05) is 5.69 Å². The third-order valence-corrected chi connectivity index (χ3v) is 6.44. The van der Waals surface area contributed by atoms with E-state index < -0.39 is 28.1 Å². The van der Waals surface area contributed by atoms with Crippen molar-refractivity contribution in [2.24, 2.45) is 0 Å². The third kappa shape index (κ3) is 5.54. The zero-order valence-electron chi connectivity index (χ0n) is 18.2. The van der Waals surface area contributed by atoms with Gasteiger partial charge in [-0.2, -0.15) is 4.72 Å². The van der Waals surface area contributed by atoms with Crippen molar-refractivity contribution in [3.05, 3.63) is 85.5 Å². The molecule has 3 aromatic carbocycles. The summed E-state index contributed by atoms with van der Waals surface area (Å²) >= 11 is 0. The van der Waals surface area contributed by atoms with Gasteiger partial charge in [0.2, 0.25) is 16.0 Å². The number of anilines is 2. The van der Waals surface area contributed by atoms with Gasteiger partial charge in [-0.25, -0.2) is 18.2 Å². The molecule has 0 bridgehead atoms. The number of aromatic amines is 1. The number of nitrogens with one attached hydrogen (secondary N) is 4. The van der Waals surface area contributed by atoms with Crippen molar-refractivity contribution in [1.29, 1.82) is 0 Å². The molecule has 0 fully saturated rings. The fourth-order valence-corrected chi connectivity index (χ4v) is 4.54. The second kappa shape index (κ2) is 9.79. The first-order valence-electron chi connectivity index (χ1n) is 10.4. The number of imidazole rings is 1. The number of carbonyl (C=O) groups is 2. The molecule has 0 radical (unpaired) electrons. The number of aliphatic carboxylic acids is 1. The number of carboxylic acids is 1. The highest BCUT2D eigenvalue weighted by molar-refractivity contribution is 7.89. The molecule has 4 aromatic rings. The van der Waals surface area contributed by atoms with E-state index >= 15 is 0 Å². The first kappa shape index (κ1) is 23.7. The summed E-state index contributed by atoms with van der Waals surface area (Å²) in [6.45, 7) is 3.34. The molecule has 1 aromatic heterocycles. The van der Waals surface area contributed by atoms with Crippen LogP contribution in [-0.2, 0) is 14.8 Å². The van der Waals surface area contributed by atoms with Gasteiger partial charge < -0.3 is 15.4 Å². The Morgan fingerprint density at radius 2 is 1.69 bits per heavy atom. The van der Waals surface area contributed by atoms with E-state index in [1.54, 1.807) is 36.4 Å². The summed E-state index contributed by atoms with van der Waals surface area (Å²) in [5.41, 5.74) is 3.18. The lowest BCUT2D eigenvalue weighted by molar-refractivity contribution is -0.137. The van der Waals surface area contributed by atoms with Crippen LogP contribution in [0, 0.1) is 0 Å². The molecule has 0 spiro atoms. The van der Waals surface area contributed by atoms with Gasteiger partial charge in [0.05, 0.1) is 15.9 Å². The molecule has 11 heteroatoms. The van der Waals surface area contributed by atoms with E-state index in [-0.39, 0.29) is 4.90 Å². The maximum Gasteiger partial charge on any atom is 0.326 e. The van der Waals surface area contributed by atoms with Crippen molar-refractivity contribution < 1.29 is 23.1 Å². The zero-order chi connectivity index (χ0) is 25.0. The average Bonchev–Trinajstić information content (AvgIpc) is 3.24. The zero-order valence-corrected chi connectivity index (χ0v) is 19.0. The molecule has 0 aliphatic heterocycles. The number of amides is 2. The van der Waals surface area contributed by atoms with Crippen LogP contribution in [0.1, 0.15) is 0 Å². The van der Waals surface area contributed by atoms with Crippen LogP contribution in [0.25, 0.3) is 22.2 Å². The Kier molecular flexibility index (Phi) is 6.62. The summed E-state index contributed by atoms with van der Waals surface area (Å²) < 4.78 is 27.4. The smallest absolute Gasteiger partial charge is 0.326 e. The number of hydrogen-bond acceptors (Lipinski definition) is 5. The topological polar surface area (TPSA) is 153 Å². The molecule has 0 saturated heterocycles. The Bertz CT molecular complexity index is 1500. The lowest BCUT2D eigenvalue weighted by atomic mass is 10.1. The Hall–Kier alpha value is -4.48. The van der Waals surface area contributed by atoms with Crippen LogP contribution in [0.4, 0.5) is 16.4 Å². The van der Waals surface area contributed by atoms with E-state index in [0.29, 0.717) is 22.8 Å². The SMILES string of the molecule is C=C[C@H](NS(=O)(=O)c1cccc(-c2cccc(NC(=O)Nc3nc4ccccc4[nH]3)c2)c1)C(=O)O. The number of fused-ring (bicyclic) bond motifs is 1. The number of hydrogen-bond donors (Lipinski definition) is 5. The lowest BCUT2D eigenvalue weighted by Gasteiger charge is -2.12. The van der Waals surface area contributed by atoms with Gasteiger partial charge in [-0.15, -0.1) is 6.58 Å². The van der Waals surface area contributed by atoms with Crippen molar-refractivity contribution in [2.75, 3.05) is 10.6 Å². The molecule has 1 heterocycles. The highest BCUT2D eigenvalue weighted by atomic mass is 32.2. The molecule has 0 unspecified atom stereocenters. The summed E-state index contributed by atoms with van der Waals surface area (Å²) in [5.74, 6) is -1.07.